The maximum absolute atomic E-state index is 12.3. The molecule has 1 amide bonds. The van der Waals surface area contributed by atoms with Crippen LogP contribution in [0.15, 0.2) is 28.7 Å². The Morgan fingerprint density at radius 3 is 2.67 bits per heavy atom. The van der Waals surface area contributed by atoms with Crippen LogP contribution in [0.2, 0.25) is 0 Å². The van der Waals surface area contributed by atoms with E-state index in [2.05, 4.69) is 15.9 Å². The van der Waals surface area contributed by atoms with E-state index in [1.807, 2.05) is 45.0 Å². The van der Waals surface area contributed by atoms with Crippen molar-refractivity contribution in [2.75, 3.05) is 19.7 Å². The summed E-state index contributed by atoms with van der Waals surface area (Å²) in [4.78, 5) is 24.8. The Morgan fingerprint density at radius 1 is 1.38 bits per heavy atom. The molecular formula is C17H22BrNO5. The largest absolute Gasteiger partial charge is 0.480 e. The van der Waals surface area contributed by atoms with E-state index >= 15 is 0 Å². The van der Waals surface area contributed by atoms with Gasteiger partial charge in [0, 0.05) is 17.4 Å². The van der Waals surface area contributed by atoms with Gasteiger partial charge < -0.3 is 19.5 Å². The Labute approximate surface area is 149 Å². The zero-order chi connectivity index (χ0) is 18.0. The smallest absolute Gasteiger partial charge is 0.410 e. The highest BCUT2D eigenvalue weighted by atomic mass is 79.9. The fourth-order valence-corrected chi connectivity index (χ4v) is 3.07. The van der Waals surface area contributed by atoms with Gasteiger partial charge in [-0.3, -0.25) is 0 Å². The number of rotatable bonds is 4. The zero-order valence-electron chi connectivity index (χ0n) is 14.0. The predicted molar refractivity (Wildman–Crippen MR) is 91.8 cm³/mol. The average Bonchev–Trinajstić information content (AvgIpc) is 2.89. The predicted octanol–water partition coefficient (Wildman–Crippen LogP) is 3.39. The van der Waals surface area contributed by atoms with Crippen molar-refractivity contribution in [2.45, 2.75) is 38.4 Å². The van der Waals surface area contributed by atoms with E-state index in [0.717, 1.165) is 10.0 Å². The van der Waals surface area contributed by atoms with Crippen LogP contribution in [-0.2, 0) is 19.9 Å². The Hall–Kier alpha value is -1.60. The van der Waals surface area contributed by atoms with Crippen LogP contribution < -0.4 is 0 Å². The summed E-state index contributed by atoms with van der Waals surface area (Å²) in [7, 11) is 0. The second kappa shape index (κ2) is 7.11. The maximum Gasteiger partial charge on any atom is 0.410 e. The lowest BCUT2D eigenvalue weighted by Gasteiger charge is -2.30. The van der Waals surface area contributed by atoms with Crippen molar-refractivity contribution >= 4 is 28.0 Å². The van der Waals surface area contributed by atoms with E-state index in [1.54, 1.807) is 4.90 Å². The number of carboxylic acid groups (broad SMARTS) is 1. The van der Waals surface area contributed by atoms with E-state index in [0.29, 0.717) is 13.0 Å². The molecule has 1 aliphatic heterocycles. The van der Waals surface area contributed by atoms with Gasteiger partial charge in [-0.1, -0.05) is 28.1 Å². The third kappa shape index (κ3) is 4.70. The van der Waals surface area contributed by atoms with Crippen molar-refractivity contribution in [2.24, 2.45) is 0 Å². The first-order valence-corrected chi connectivity index (χ1v) is 8.50. The van der Waals surface area contributed by atoms with Crippen molar-refractivity contribution in [1.82, 2.24) is 4.90 Å². The van der Waals surface area contributed by atoms with Crippen LogP contribution >= 0.6 is 15.9 Å². The molecule has 1 aromatic carbocycles. The summed E-state index contributed by atoms with van der Waals surface area (Å²) in [5.41, 5.74) is -0.594. The molecule has 0 bridgehead atoms. The number of halogens is 1. The quantitative estimate of drug-likeness (QED) is 0.839. The van der Waals surface area contributed by atoms with Crippen molar-refractivity contribution in [3.05, 3.63) is 34.3 Å². The van der Waals surface area contributed by atoms with E-state index in [1.165, 1.54) is 0 Å². The maximum atomic E-state index is 12.3. The molecule has 1 heterocycles. The third-order valence-electron chi connectivity index (χ3n) is 3.71. The lowest BCUT2D eigenvalue weighted by Crippen LogP contribution is -2.40. The summed E-state index contributed by atoms with van der Waals surface area (Å²) < 4.78 is 12.0. The molecule has 1 fully saturated rings. The number of carbonyl (C=O) groups excluding carboxylic acids is 1. The lowest BCUT2D eigenvalue weighted by atomic mass is 9.92. The highest BCUT2D eigenvalue weighted by Crippen LogP contribution is 2.37. The van der Waals surface area contributed by atoms with Gasteiger partial charge in [0.1, 0.15) is 17.8 Å². The van der Waals surface area contributed by atoms with Crippen molar-refractivity contribution in [3.63, 3.8) is 0 Å². The Kier molecular flexibility index (Phi) is 5.55. The number of likely N-dealkylation sites (tertiary alicyclic amines) is 1. The lowest BCUT2D eigenvalue weighted by molar-refractivity contribution is -0.149. The van der Waals surface area contributed by atoms with Gasteiger partial charge >= 0.3 is 12.1 Å². The van der Waals surface area contributed by atoms with Gasteiger partial charge in [-0.2, -0.15) is 0 Å². The van der Waals surface area contributed by atoms with Gasteiger partial charge in [-0.05, 0) is 38.5 Å². The van der Waals surface area contributed by atoms with E-state index in [4.69, 9.17) is 14.6 Å². The minimum atomic E-state index is -1.04. The van der Waals surface area contributed by atoms with Crippen molar-refractivity contribution < 1.29 is 24.2 Å². The van der Waals surface area contributed by atoms with Crippen LogP contribution in [0.1, 0.15) is 32.8 Å². The highest BCUT2D eigenvalue weighted by Gasteiger charge is 2.44. The number of aliphatic carboxylic acids is 1. The van der Waals surface area contributed by atoms with Gasteiger partial charge in [0.25, 0.3) is 0 Å². The summed E-state index contributed by atoms with van der Waals surface area (Å²) >= 11 is 3.42. The fourth-order valence-electron chi connectivity index (χ4n) is 2.67. The van der Waals surface area contributed by atoms with Gasteiger partial charge in [-0.25, -0.2) is 9.59 Å². The summed E-state index contributed by atoms with van der Waals surface area (Å²) in [6, 6.07) is 7.52. The standard InChI is InChI=1S/C17H22BrNO5/c1-16(2,3)24-15(22)19-8-7-17(11-19,23-10-14(20)21)12-5-4-6-13(18)9-12/h4-6,9H,7-8,10-11H2,1-3H3,(H,20,21). The van der Waals surface area contributed by atoms with Crippen molar-refractivity contribution in [1.29, 1.82) is 0 Å². The molecule has 0 radical (unpaired) electrons. The summed E-state index contributed by atoms with van der Waals surface area (Å²) in [5, 5.41) is 8.98. The second-order valence-electron chi connectivity index (χ2n) is 6.84. The van der Waals surface area contributed by atoms with Crippen molar-refractivity contribution in [3.8, 4) is 0 Å². The van der Waals surface area contributed by atoms with Gasteiger partial charge in [0.15, 0.2) is 0 Å². The molecule has 132 valence electrons. The molecule has 1 N–H and O–H groups in total. The molecule has 0 spiro atoms. The average molecular weight is 400 g/mol. The van der Waals surface area contributed by atoms with Crippen LogP contribution in [-0.4, -0.2) is 47.4 Å². The first-order chi connectivity index (χ1) is 11.1. The Balaban J connectivity index is 2.23. The number of carbonyl (C=O) groups is 2. The second-order valence-corrected chi connectivity index (χ2v) is 7.75. The van der Waals surface area contributed by atoms with E-state index in [9.17, 15) is 9.59 Å². The van der Waals surface area contributed by atoms with Gasteiger partial charge in [0.2, 0.25) is 0 Å². The fraction of sp³-hybridized carbons (Fsp3) is 0.529. The minimum Gasteiger partial charge on any atom is -0.480 e. The molecule has 1 saturated heterocycles. The highest BCUT2D eigenvalue weighted by molar-refractivity contribution is 9.10. The monoisotopic (exact) mass is 399 g/mol. The first-order valence-electron chi connectivity index (χ1n) is 7.71. The number of hydrogen-bond acceptors (Lipinski definition) is 4. The number of benzene rings is 1. The van der Waals surface area contributed by atoms with Crippen LogP contribution in [0.5, 0.6) is 0 Å². The van der Waals surface area contributed by atoms with Crippen LogP contribution in [0.4, 0.5) is 4.79 Å². The molecule has 6 nitrogen and oxygen atoms in total. The van der Waals surface area contributed by atoms with E-state index in [-0.39, 0.29) is 6.54 Å². The molecule has 1 unspecified atom stereocenters. The van der Waals surface area contributed by atoms with Crippen LogP contribution in [0.3, 0.4) is 0 Å². The normalized spacial score (nSPS) is 20.9. The molecule has 1 atom stereocenters. The summed E-state index contributed by atoms with van der Waals surface area (Å²) in [6.07, 6.45) is 0.0917. The molecule has 7 heteroatoms. The Morgan fingerprint density at radius 2 is 2.08 bits per heavy atom. The number of amides is 1. The molecule has 2 rings (SSSR count). The van der Waals surface area contributed by atoms with Gasteiger partial charge in [0.05, 0.1) is 6.54 Å². The SMILES string of the molecule is CC(C)(C)OC(=O)N1CCC(OCC(=O)O)(c2cccc(Br)c2)C1. The minimum absolute atomic E-state index is 0.256. The third-order valence-corrected chi connectivity index (χ3v) is 4.20. The molecule has 1 aromatic rings. The number of hydrogen-bond donors (Lipinski definition) is 1. The van der Waals surface area contributed by atoms with Crippen LogP contribution in [0.25, 0.3) is 0 Å². The summed E-state index contributed by atoms with van der Waals surface area (Å²) in [6.45, 7) is 5.71. The topological polar surface area (TPSA) is 76.1 Å². The van der Waals surface area contributed by atoms with Gasteiger partial charge in [-0.15, -0.1) is 0 Å². The summed E-state index contributed by atoms with van der Waals surface area (Å²) in [5.74, 6) is -1.04. The molecule has 0 saturated carbocycles. The molecule has 0 aromatic heterocycles. The number of carboxylic acids is 1. The first kappa shape index (κ1) is 18.7. The molecule has 0 aliphatic carbocycles. The van der Waals surface area contributed by atoms with Crippen LogP contribution in [0, 0.1) is 0 Å². The number of nitrogens with zero attached hydrogens (tertiary/aromatic N) is 1. The zero-order valence-corrected chi connectivity index (χ0v) is 15.6. The Bertz CT molecular complexity index is 628. The van der Waals surface area contributed by atoms with E-state index < -0.39 is 29.9 Å². The molecule has 1 aliphatic rings. The number of ether oxygens (including phenoxy) is 2. The molecular weight excluding hydrogens is 378 g/mol. The molecule has 24 heavy (non-hydrogen) atoms.